The number of fused-ring (bicyclic) bond motifs is 1. The van der Waals surface area contributed by atoms with E-state index < -0.39 is 0 Å². The highest BCUT2D eigenvalue weighted by Crippen LogP contribution is 2.27. The van der Waals surface area contributed by atoms with Gasteiger partial charge < -0.3 is 10.1 Å². The number of nitrogens with one attached hydrogen (secondary N) is 1. The smallest absolute Gasteiger partial charge is 0.252 e. The van der Waals surface area contributed by atoms with Crippen molar-refractivity contribution in [3.05, 3.63) is 35.2 Å². The summed E-state index contributed by atoms with van der Waals surface area (Å²) in [5.74, 6) is 0.0144. The number of rotatable bonds is 3. The van der Waals surface area contributed by atoms with Crippen LogP contribution in [0.25, 0.3) is 10.1 Å². The standard InChI is InChI=1S/C14H15NO2S/c1-14(8-17-9-14)7-15-13(16)11-6-18-12-5-3-2-4-10(11)12/h2-6H,7-9H2,1H3,(H,15,16). The number of amides is 1. The molecule has 0 saturated carbocycles. The number of carbonyl (C=O) groups excluding carboxylic acids is 1. The molecule has 3 rings (SSSR count). The minimum absolute atomic E-state index is 0.0144. The predicted octanol–water partition coefficient (Wildman–Crippen LogP) is 2.67. The Labute approximate surface area is 110 Å². The lowest BCUT2D eigenvalue weighted by Gasteiger charge is -2.37. The molecule has 1 N–H and O–H groups in total. The van der Waals surface area contributed by atoms with E-state index in [9.17, 15) is 4.79 Å². The first kappa shape index (κ1) is 11.7. The van der Waals surface area contributed by atoms with E-state index in [1.807, 2.05) is 29.6 Å². The van der Waals surface area contributed by atoms with Gasteiger partial charge >= 0.3 is 0 Å². The fraction of sp³-hybridized carbons (Fsp3) is 0.357. The molecule has 0 bridgehead atoms. The van der Waals surface area contributed by atoms with Crippen LogP contribution in [0.1, 0.15) is 17.3 Å². The summed E-state index contributed by atoms with van der Waals surface area (Å²) in [5, 5.41) is 5.97. The lowest BCUT2D eigenvalue weighted by molar-refractivity contribution is -0.0978. The normalized spacial score (nSPS) is 17.4. The lowest BCUT2D eigenvalue weighted by Crippen LogP contribution is -2.48. The molecule has 0 radical (unpaired) electrons. The van der Waals surface area contributed by atoms with E-state index in [4.69, 9.17) is 4.74 Å². The SMILES string of the molecule is CC1(CNC(=O)c2csc3ccccc23)COC1. The van der Waals surface area contributed by atoms with Gasteiger partial charge in [-0.1, -0.05) is 25.1 Å². The molecule has 1 aromatic carbocycles. The highest BCUT2D eigenvalue weighted by atomic mass is 32.1. The molecular weight excluding hydrogens is 246 g/mol. The van der Waals surface area contributed by atoms with Crippen LogP contribution in [-0.4, -0.2) is 25.7 Å². The van der Waals surface area contributed by atoms with Crippen LogP contribution >= 0.6 is 11.3 Å². The van der Waals surface area contributed by atoms with Crippen molar-refractivity contribution in [2.45, 2.75) is 6.92 Å². The van der Waals surface area contributed by atoms with Crippen molar-refractivity contribution >= 4 is 27.3 Å². The minimum Gasteiger partial charge on any atom is -0.380 e. The molecule has 1 amide bonds. The van der Waals surface area contributed by atoms with E-state index in [0.717, 1.165) is 28.9 Å². The van der Waals surface area contributed by atoms with Crippen molar-refractivity contribution in [2.24, 2.45) is 5.41 Å². The van der Waals surface area contributed by atoms with Gasteiger partial charge in [-0.15, -0.1) is 11.3 Å². The second-order valence-corrected chi connectivity index (χ2v) is 6.04. The third kappa shape index (κ3) is 2.02. The second-order valence-electron chi connectivity index (χ2n) is 5.13. The van der Waals surface area contributed by atoms with Gasteiger partial charge in [0, 0.05) is 27.4 Å². The largest absolute Gasteiger partial charge is 0.380 e. The van der Waals surface area contributed by atoms with Gasteiger partial charge in [-0.2, -0.15) is 0 Å². The molecule has 1 aromatic heterocycles. The van der Waals surface area contributed by atoms with Gasteiger partial charge in [-0.05, 0) is 6.07 Å². The van der Waals surface area contributed by atoms with Crippen molar-refractivity contribution in [1.82, 2.24) is 5.32 Å². The van der Waals surface area contributed by atoms with E-state index in [1.165, 1.54) is 0 Å². The van der Waals surface area contributed by atoms with Crippen LogP contribution in [0.15, 0.2) is 29.6 Å². The van der Waals surface area contributed by atoms with Crippen molar-refractivity contribution in [1.29, 1.82) is 0 Å². The maximum atomic E-state index is 12.2. The fourth-order valence-corrected chi connectivity index (χ4v) is 3.04. The van der Waals surface area contributed by atoms with Crippen molar-refractivity contribution in [3.63, 3.8) is 0 Å². The first-order valence-corrected chi connectivity index (χ1v) is 6.88. The molecule has 1 saturated heterocycles. The first-order valence-electron chi connectivity index (χ1n) is 6.00. The fourth-order valence-electron chi connectivity index (χ4n) is 2.10. The van der Waals surface area contributed by atoms with E-state index in [1.54, 1.807) is 11.3 Å². The van der Waals surface area contributed by atoms with Gasteiger partial charge in [0.2, 0.25) is 0 Å². The van der Waals surface area contributed by atoms with Crippen LogP contribution in [0, 0.1) is 5.41 Å². The summed E-state index contributed by atoms with van der Waals surface area (Å²) in [4.78, 5) is 12.2. The molecule has 0 aliphatic carbocycles. The van der Waals surface area contributed by atoms with E-state index in [0.29, 0.717) is 6.54 Å². The van der Waals surface area contributed by atoms with Crippen molar-refractivity contribution in [2.75, 3.05) is 19.8 Å². The molecule has 0 unspecified atom stereocenters. The molecule has 0 spiro atoms. The number of hydrogen-bond acceptors (Lipinski definition) is 3. The van der Waals surface area contributed by atoms with Crippen molar-refractivity contribution in [3.8, 4) is 0 Å². The molecule has 18 heavy (non-hydrogen) atoms. The van der Waals surface area contributed by atoms with Crippen LogP contribution in [0.3, 0.4) is 0 Å². The Morgan fingerprint density at radius 2 is 2.22 bits per heavy atom. The van der Waals surface area contributed by atoms with E-state index >= 15 is 0 Å². The number of benzene rings is 1. The Morgan fingerprint density at radius 3 is 2.94 bits per heavy atom. The number of thiophene rings is 1. The third-order valence-electron chi connectivity index (χ3n) is 3.30. The Balaban J connectivity index is 1.75. The first-order chi connectivity index (χ1) is 8.68. The molecule has 2 heterocycles. The molecule has 3 nitrogen and oxygen atoms in total. The highest BCUT2D eigenvalue weighted by molar-refractivity contribution is 7.17. The number of hydrogen-bond donors (Lipinski definition) is 1. The molecule has 1 aliphatic heterocycles. The summed E-state index contributed by atoms with van der Waals surface area (Å²) in [7, 11) is 0. The summed E-state index contributed by atoms with van der Waals surface area (Å²) >= 11 is 1.61. The van der Waals surface area contributed by atoms with Crippen LogP contribution in [0.5, 0.6) is 0 Å². The Kier molecular flexibility index (Phi) is 2.84. The van der Waals surface area contributed by atoms with Gasteiger partial charge in [0.15, 0.2) is 0 Å². The minimum atomic E-state index is 0.0144. The van der Waals surface area contributed by atoms with Crippen LogP contribution in [0.4, 0.5) is 0 Å². The van der Waals surface area contributed by atoms with Crippen LogP contribution in [-0.2, 0) is 4.74 Å². The topological polar surface area (TPSA) is 38.3 Å². The summed E-state index contributed by atoms with van der Waals surface area (Å²) < 4.78 is 6.34. The summed E-state index contributed by atoms with van der Waals surface area (Å²) in [6.45, 7) is 4.27. The zero-order valence-corrected chi connectivity index (χ0v) is 11.0. The van der Waals surface area contributed by atoms with Crippen LogP contribution < -0.4 is 5.32 Å². The average molecular weight is 261 g/mol. The lowest BCUT2D eigenvalue weighted by atomic mass is 9.88. The Morgan fingerprint density at radius 1 is 1.44 bits per heavy atom. The van der Waals surface area contributed by atoms with E-state index in [-0.39, 0.29) is 11.3 Å². The summed E-state index contributed by atoms with van der Waals surface area (Å²) in [6, 6.07) is 7.99. The molecule has 1 aliphatic rings. The van der Waals surface area contributed by atoms with Gasteiger partial charge in [0.1, 0.15) is 0 Å². The maximum Gasteiger partial charge on any atom is 0.252 e. The van der Waals surface area contributed by atoms with Gasteiger partial charge in [0.05, 0.1) is 18.8 Å². The van der Waals surface area contributed by atoms with E-state index in [2.05, 4.69) is 12.2 Å². The molecule has 94 valence electrons. The molecule has 4 heteroatoms. The van der Waals surface area contributed by atoms with Crippen LogP contribution in [0.2, 0.25) is 0 Å². The molecule has 0 atom stereocenters. The Bertz CT molecular complexity index is 586. The second kappa shape index (κ2) is 4.37. The van der Waals surface area contributed by atoms with Gasteiger partial charge in [-0.3, -0.25) is 4.79 Å². The molecule has 2 aromatic rings. The molecular formula is C14H15NO2S. The van der Waals surface area contributed by atoms with Crippen molar-refractivity contribution < 1.29 is 9.53 Å². The summed E-state index contributed by atoms with van der Waals surface area (Å²) in [6.07, 6.45) is 0. The highest BCUT2D eigenvalue weighted by Gasteiger charge is 2.33. The maximum absolute atomic E-state index is 12.2. The summed E-state index contributed by atoms with van der Waals surface area (Å²) in [5.41, 5.74) is 0.890. The monoisotopic (exact) mass is 261 g/mol. The zero-order valence-electron chi connectivity index (χ0n) is 10.2. The number of ether oxygens (including phenoxy) is 1. The average Bonchev–Trinajstić information content (AvgIpc) is 2.77. The Hall–Kier alpha value is -1.39. The van der Waals surface area contributed by atoms with Gasteiger partial charge in [0.25, 0.3) is 5.91 Å². The number of carbonyl (C=O) groups is 1. The third-order valence-corrected chi connectivity index (χ3v) is 4.27. The van der Waals surface area contributed by atoms with Gasteiger partial charge in [-0.25, -0.2) is 0 Å². The predicted molar refractivity (Wildman–Crippen MR) is 73.1 cm³/mol. The quantitative estimate of drug-likeness (QED) is 0.922. The zero-order chi connectivity index (χ0) is 12.6. The molecule has 1 fully saturated rings.